The van der Waals surface area contributed by atoms with Gasteiger partial charge in [0.05, 0.1) is 0 Å². The third kappa shape index (κ3) is 3.49. The molecular weight excluding hydrogens is 226 g/mol. The lowest BCUT2D eigenvalue weighted by molar-refractivity contribution is 0.372. The van der Waals surface area contributed by atoms with Crippen LogP contribution in [0.3, 0.4) is 0 Å². The second-order valence-corrected chi connectivity index (χ2v) is 6.73. The summed E-state index contributed by atoms with van der Waals surface area (Å²) in [4.78, 5) is 1.46. The summed E-state index contributed by atoms with van der Waals surface area (Å²) in [6, 6.07) is 9.32. The molecule has 1 N–H and O–H groups in total. The molecule has 2 heteroatoms. The molecular formula is C15H21NS. The minimum Gasteiger partial charge on any atom is -0.317 e. The van der Waals surface area contributed by atoms with Crippen molar-refractivity contribution < 1.29 is 0 Å². The maximum atomic E-state index is 3.43. The summed E-state index contributed by atoms with van der Waals surface area (Å²) in [5, 5.41) is 4.36. The molecule has 0 radical (unpaired) electrons. The summed E-state index contributed by atoms with van der Waals surface area (Å²) in [7, 11) is 0. The third-order valence-corrected chi connectivity index (χ3v) is 5.08. The van der Waals surface area contributed by atoms with Crippen LogP contribution in [-0.4, -0.2) is 18.3 Å². The number of benzene rings is 1. The van der Waals surface area contributed by atoms with Crippen LogP contribution in [0.25, 0.3) is 0 Å². The average molecular weight is 247 g/mol. The molecule has 0 spiro atoms. The van der Waals surface area contributed by atoms with Gasteiger partial charge >= 0.3 is 0 Å². The highest BCUT2D eigenvalue weighted by Gasteiger charge is 2.22. The molecule has 17 heavy (non-hydrogen) atoms. The molecule has 0 unspecified atom stereocenters. The van der Waals surface area contributed by atoms with Gasteiger partial charge < -0.3 is 5.32 Å². The van der Waals surface area contributed by atoms with Gasteiger partial charge in [-0.15, -0.1) is 11.8 Å². The fraction of sp³-hybridized carbons (Fsp3) is 0.600. The molecule has 1 nitrogen and oxygen atoms in total. The Hall–Kier alpha value is -0.470. The first-order valence-corrected chi connectivity index (χ1v) is 7.74. The molecule has 1 aromatic carbocycles. The van der Waals surface area contributed by atoms with Gasteiger partial charge in [0.2, 0.25) is 0 Å². The van der Waals surface area contributed by atoms with Gasteiger partial charge in [-0.2, -0.15) is 0 Å². The van der Waals surface area contributed by atoms with Crippen LogP contribution in [0.5, 0.6) is 0 Å². The highest BCUT2D eigenvalue weighted by Crippen LogP contribution is 2.39. The van der Waals surface area contributed by atoms with Gasteiger partial charge in [0.15, 0.2) is 0 Å². The highest BCUT2D eigenvalue weighted by molar-refractivity contribution is 8.00. The number of nitrogens with one attached hydrogen (secondary N) is 1. The van der Waals surface area contributed by atoms with Gasteiger partial charge in [-0.1, -0.05) is 12.1 Å². The van der Waals surface area contributed by atoms with Crippen molar-refractivity contribution in [1.29, 1.82) is 0 Å². The van der Waals surface area contributed by atoms with Gasteiger partial charge in [-0.25, -0.2) is 0 Å². The van der Waals surface area contributed by atoms with Crippen molar-refractivity contribution in [1.82, 2.24) is 5.32 Å². The van der Waals surface area contributed by atoms with Crippen molar-refractivity contribution in [3.8, 4) is 0 Å². The van der Waals surface area contributed by atoms with E-state index in [4.69, 9.17) is 0 Å². The van der Waals surface area contributed by atoms with Gasteiger partial charge in [0, 0.05) is 10.1 Å². The second-order valence-electron chi connectivity index (χ2n) is 5.36. The Bertz CT molecular complexity index is 350. The number of thioether (sulfide) groups is 1. The molecule has 0 aromatic heterocycles. The van der Waals surface area contributed by atoms with Crippen molar-refractivity contribution in [2.24, 2.45) is 5.92 Å². The third-order valence-electron chi connectivity index (χ3n) is 3.73. The molecule has 1 heterocycles. The first kappa shape index (κ1) is 11.6. The van der Waals surface area contributed by atoms with Crippen LogP contribution < -0.4 is 5.32 Å². The topological polar surface area (TPSA) is 12.0 Å². The fourth-order valence-corrected chi connectivity index (χ4v) is 3.55. The number of rotatable bonds is 4. The molecule has 1 aliphatic carbocycles. The fourth-order valence-electron chi connectivity index (χ4n) is 2.50. The molecule has 0 atom stereocenters. The lowest BCUT2D eigenvalue weighted by atomic mass is 9.91. The summed E-state index contributed by atoms with van der Waals surface area (Å²) in [6.45, 7) is 2.42. The maximum absolute atomic E-state index is 3.43. The Morgan fingerprint density at radius 3 is 2.35 bits per heavy atom. The highest BCUT2D eigenvalue weighted by atomic mass is 32.2. The van der Waals surface area contributed by atoms with E-state index in [0.29, 0.717) is 0 Å². The first-order chi connectivity index (χ1) is 8.40. The Morgan fingerprint density at radius 2 is 1.71 bits per heavy atom. The second kappa shape index (κ2) is 5.45. The number of hydrogen-bond acceptors (Lipinski definition) is 2. The average Bonchev–Trinajstić information content (AvgIpc) is 3.17. The van der Waals surface area contributed by atoms with E-state index in [-0.39, 0.29) is 0 Å². The molecule has 92 valence electrons. The zero-order valence-electron chi connectivity index (χ0n) is 10.3. The number of piperidine rings is 1. The van der Waals surface area contributed by atoms with Crippen LogP contribution in [-0.2, 0) is 6.42 Å². The predicted molar refractivity (Wildman–Crippen MR) is 74.6 cm³/mol. The molecule has 2 fully saturated rings. The molecule has 1 aromatic rings. The summed E-state index contributed by atoms with van der Waals surface area (Å²) >= 11 is 2.05. The Balaban J connectivity index is 1.55. The van der Waals surface area contributed by atoms with Crippen molar-refractivity contribution in [3.05, 3.63) is 29.8 Å². The summed E-state index contributed by atoms with van der Waals surface area (Å²) < 4.78 is 0. The zero-order valence-corrected chi connectivity index (χ0v) is 11.1. The van der Waals surface area contributed by atoms with Crippen molar-refractivity contribution in [2.75, 3.05) is 13.1 Å². The van der Waals surface area contributed by atoms with E-state index >= 15 is 0 Å². The van der Waals surface area contributed by atoms with Crippen molar-refractivity contribution in [3.63, 3.8) is 0 Å². The summed E-state index contributed by atoms with van der Waals surface area (Å²) in [6.07, 6.45) is 6.80. The molecule has 1 saturated heterocycles. The van der Waals surface area contributed by atoms with E-state index in [1.165, 1.54) is 55.7 Å². The van der Waals surface area contributed by atoms with Crippen molar-refractivity contribution in [2.45, 2.75) is 42.2 Å². The predicted octanol–water partition coefficient (Wildman–Crippen LogP) is 3.48. The van der Waals surface area contributed by atoms with E-state index < -0.39 is 0 Å². The van der Waals surface area contributed by atoms with Gasteiger partial charge in [-0.3, -0.25) is 0 Å². The Kier molecular flexibility index (Phi) is 3.72. The molecule has 0 amide bonds. The monoisotopic (exact) mass is 247 g/mol. The lowest BCUT2D eigenvalue weighted by Gasteiger charge is -2.22. The summed E-state index contributed by atoms with van der Waals surface area (Å²) in [5.41, 5.74) is 1.53. The minimum absolute atomic E-state index is 0.901. The largest absolute Gasteiger partial charge is 0.317 e. The smallest absolute Gasteiger partial charge is 0.00952 e. The number of hydrogen-bond donors (Lipinski definition) is 1. The molecule has 1 saturated carbocycles. The molecule has 0 bridgehead atoms. The van der Waals surface area contributed by atoms with Gasteiger partial charge in [0.1, 0.15) is 0 Å². The van der Waals surface area contributed by atoms with Crippen molar-refractivity contribution >= 4 is 11.8 Å². The lowest BCUT2D eigenvalue weighted by Crippen LogP contribution is -2.28. The van der Waals surface area contributed by atoms with E-state index in [1.54, 1.807) is 0 Å². The van der Waals surface area contributed by atoms with Crippen LogP contribution >= 0.6 is 11.8 Å². The van der Waals surface area contributed by atoms with Gasteiger partial charge in [-0.05, 0) is 68.8 Å². The van der Waals surface area contributed by atoms with Crippen LogP contribution in [0.15, 0.2) is 29.2 Å². The van der Waals surface area contributed by atoms with E-state index in [1.807, 2.05) is 0 Å². The van der Waals surface area contributed by atoms with E-state index in [0.717, 1.165) is 11.2 Å². The molecule has 3 rings (SSSR count). The van der Waals surface area contributed by atoms with E-state index in [2.05, 4.69) is 41.3 Å². The first-order valence-electron chi connectivity index (χ1n) is 6.86. The van der Waals surface area contributed by atoms with E-state index in [9.17, 15) is 0 Å². The summed E-state index contributed by atoms with van der Waals surface area (Å²) in [5.74, 6) is 0.901. The SMILES string of the molecule is c1cc(SC2CC2)ccc1CC1CCNCC1. The van der Waals surface area contributed by atoms with Crippen LogP contribution in [0, 0.1) is 5.92 Å². The zero-order chi connectivity index (χ0) is 11.5. The quantitative estimate of drug-likeness (QED) is 0.874. The molecule has 1 aliphatic heterocycles. The maximum Gasteiger partial charge on any atom is 0.00952 e. The van der Waals surface area contributed by atoms with Crippen LogP contribution in [0.4, 0.5) is 0 Å². The Morgan fingerprint density at radius 1 is 1.00 bits per heavy atom. The van der Waals surface area contributed by atoms with Crippen LogP contribution in [0.1, 0.15) is 31.2 Å². The Labute approximate surface area is 108 Å². The normalized spacial score (nSPS) is 21.6. The van der Waals surface area contributed by atoms with Crippen LogP contribution in [0.2, 0.25) is 0 Å². The van der Waals surface area contributed by atoms with Gasteiger partial charge in [0.25, 0.3) is 0 Å². The molecule has 2 aliphatic rings. The minimum atomic E-state index is 0.901. The standard InChI is InChI=1S/C15H21NS/c1-3-14(17-15-5-6-15)4-2-12(1)11-13-7-9-16-10-8-13/h1-4,13,15-16H,5-11H2.